The molecular formula is C16H21NO. The van der Waals surface area contributed by atoms with E-state index >= 15 is 0 Å². The Morgan fingerprint density at radius 2 is 1.44 bits per heavy atom. The summed E-state index contributed by atoms with van der Waals surface area (Å²) in [5.41, 5.74) is 12.0. The van der Waals surface area contributed by atoms with Crippen LogP contribution >= 0.6 is 0 Å². The van der Waals surface area contributed by atoms with Crippen LogP contribution in [-0.4, -0.2) is 5.48 Å². The third-order valence-corrected chi connectivity index (χ3v) is 3.61. The summed E-state index contributed by atoms with van der Waals surface area (Å²) in [5.74, 6) is 0. The van der Waals surface area contributed by atoms with Gasteiger partial charge in [-0.1, -0.05) is 36.4 Å². The maximum absolute atomic E-state index is 3.90. The van der Waals surface area contributed by atoms with Gasteiger partial charge in [0.05, 0.1) is 6.54 Å². The summed E-state index contributed by atoms with van der Waals surface area (Å²) in [4.78, 5) is 0. The van der Waals surface area contributed by atoms with Gasteiger partial charge in [-0.3, -0.25) is 0 Å². The second-order valence-electron chi connectivity index (χ2n) is 4.63. The van der Waals surface area contributed by atoms with Crippen LogP contribution in [0, 0.1) is 20.8 Å². The van der Waals surface area contributed by atoms with E-state index in [4.69, 9.17) is 0 Å². The van der Waals surface area contributed by atoms with E-state index in [1.165, 1.54) is 33.4 Å². The summed E-state index contributed by atoms with van der Waals surface area (Å²) >= 11 is 0. The molecule has 0 aromatic heterocycles. The minimum Gasteiger partial charge on any atom is -0.870 e. The van der Waals surface area contributed by atoms with E-state index in [1.807, 2.05) is 0 Å². The summed E-state index contributed by atoms with van der Waals surface area (Å²) in [6, 6.07) is 13.1. The molecule has 2 aromatic rings. The van der Waals surface area contributed by atoms with Gasteiger partial charge in [0.25, 0.3) is 0 Å². The number of quaternary nitrogens is 1. The van der Waals surface area contributed by atoms with Gasteiger partial charge in [-0.25, -0.2) is 0 Å². The molecule has 4 N–H and O–H groups in total. The molecule has 96 valence electrons. The van der Waals surface area contributed by atoms with Crippen molar-refractivity contribution >= 4 is 0 Å². The van der Waals surface area contributed by atoms with Crippen LogP contribution < -0.4 is 5.73 Å². The molecule has 0 radical (unpaired) electrons. The van der Waals surface area contributed by atoms with Crippen molar-refractivity contribution in [3.8, 4) is 11.1 Å². The molecule has 0 fully saturated rings. The van der Waals surface area contributed by atoms with Gasteiger partial charge in [0.15, 0.2) is 0 Å². The van der Waals surface area contributed by atoms with Crippen LogP contribution in [0.3, 0.4) is 0 Å². The molecule has 0 saturated carbocycles. The van der Waals surface area contributed by atoms with Crippen molar-refractivity contribution in [1.82, 2.24) is 0 Å². The molecule has 2 aromatic carbocycles. The summed E-state index contributed by atoms with van der Waals surface area (Å²) in [7, 11) is 0. The summed E-state index contributed by atoms with van der Waals surface area (Å²) in [6.45, 7) is 7.41. The van der Waals surface area contributed by atoms with Gasteiger partial charge in [-0.2, -0.15) is 0 Å². The lowest BCUT2D eigenvalue weighted by atomic mass is 9.94. The number of hydrogen-bond donors (Lipinski definition) is 1. The van der Waals surface area contributed by atoms with E-state index in [0.717, 1.165) is 6.54 Å². The fraction of sp³-hybridized carbons (Fsp3) is 0.250. The molecule has 2 heteroatoms. The minimum absolute atomic E-state index is 0. The van der Waals surface area contributed by atoms with E-state index in [0.29, 0.717) is 0 Å². The highest BCUT2D eigenvalue weighted by atomic mass is 16.0. The van der Waals surface area contributed by atoms with E-state index in [1.54, 1.807) is 0 Å². The summed E-state index contributed by atoms with van der Waals surface area (Å²) < 4.78 is 0. The molecule has 0 spiro atoms. The van der Waals surface area contributed by atoms with Crippen LogP contribution in [0.1, 0.15) is 22.3 Å². The Morgan fingerprint density at radius 3 is 2.00 bits per heavy atom. The van der Waals surface area contributed by atoms with Crippen molar-refractivity contribution in [2.75, 3.05) is 0 Å². The third kappa shape index (κ3) is 2.61. The Bertz CT molecular complexity index is 530. The van der Waals surface area contributed by atoms with Crippen LogP contribution in [0.25, 0.3) is 11.1 Å². The highest BCUT2D eigenvalue weighted by Crippen LogP contribution is 2.27. The van der Waals surface area contributed by atoms with Crippen molar-refractivity contribution in [1.29, 1.82) is 0 Å². The first-order valence-corrected chi connectivity index (χ1v) is 6.09. The van der Waals surface area contributed by atoms with Crippen LogP contribution in [-0.2, 0) is 6.54 Å². The molecule has 0 amide bonds. The first-order chi connectivity index (χ1) is 8.13. The van der Waals surface area contributed by atoms with E-state index in [-0.39, 0.29) is 5.48 Å². The minimum atomic E-state index is 0. The second-order valence-corrected chi connectivity index (χ2v) is 4.63. The topological polar surface area (TPSA) is 57.6 Å². The molecular weight excluding hydrogens is 222 g/mol. The van der Waals surface area contributed by atoms with Crippen LogP contribution in [0.5, 0.6) is 0 Å². The molecule has 0 unspecified atom stereocenters. The molecule has 0 bridgehead atoms. The maximum atomic E-state index is 3.90. The summed E-state index contributed by atoms with van der Waals surface area (Å²) in [5, 5.41) is 0. The smallest absolute Gasteiger partial charge is 0.0997 e. The zero-order valence-corrected chi connectivity index (χ0v) is 11.3. The van der Waals surface area contributed by atoms with Gasteiger partial charge in [0.1, 0.15) is 0 Å². The number of hydrogen-bond acceptors (Lipinski definition) is 1. The molecule has 18 heavy (non-hydrogen) atoms. The molecule has 0 aliphatic carbocycles. The fourth-order valence-corrected chi connectivity index (χ4v) is 2.12. The SMILES string of the molecule is Cc1ccc(-c2ccc(C[NH3+])cc2)c(C)c1C.[OH-]. The molecule has 2 nitrogen and oxygen atoms in total. The van der Waals surface area contributed by atoms with Gasteiger partial charge < -0.3 is 11.2 Å². The van der Waals surface area contributed by atoms with Gasteiger partial charge in [-0.05, 0) is 48.6 Å². The van der Waals surface area contributed by atoms with Crippen molar-refractivity contribution in [2.24, 2.45) is 0 Å². The molecule has 0 atom stereocenters. The van der Waals surface area contributed by atoms with Crippen LogP contribution in [0.15, 0.2) is 36.4 Å². The standard InChI is InChI=1S/C16H19N.H2O/c1-11-4-9-16(13(3)12(11)2)15-7-5-14(10-17)6-8-15;/h4-9H,10,17H2,1-3H3;1H2. The molecule has 0 saturated heterocycles. The van der Waals surface area contributed by atoms with Gasteiger partial charge in [0.2, 0.25) is 0 Å². The van der Waals surface area contributed by atoms with Crippen molar-refractivity contribution < 1.29 is 11.2 Å². The quantitative estimate of drug-likeness (QED) is 0.866. The molecule has 0 aliphatic heterocycles. The van der Waals surface area contributed by atoms with Crippen molar-refractivity contribution in [3.63, 3.8) is 0 Å². The lowest BCUT2D eigenvalue weighted by Gasteiger charge is -2.11. The van der Waals surface area contributed by atoms with Crippen molar-refractivity contribution in [2.45, 2.75) is 27.3 Å². The largest absolute Gasteiger partial charge is 0.870 e. The zero-order valence-electron chi connectivity index (χ0n) is 11.3. The number of rotatable bonds is 2. The third-order valence-electron chi connectivity index (χ3n) is 3.61. The van der Waals surface area contributed by atoms with Crippen molar-refractivity contribution in [3.05, 3.63) is 58.7 Å². The van der Waals surface area contributed by atoms with E-state index in [9.17, 15) is 0 Å². The average Bonchev–Trinajstić information content (AvgIpc) is 2.36. The molecule has 2 rings (SSSR count). The Kier molecular flexibility index (Phi) is 4.65. The van der Waals surface area contributed by atoms with Gasteiger partial charge >= 0.3 is 0 Å². The zero-order chi connectivity index (χ0) is 12.4. The molecule has 0 aliphatic rings. The van der Waals surface area contributed by atoms with E-state index < -0.39 is 0 Å². The maximum Gasteiger partial charge on any atom is 0.0997 e. The Hall–Kier alpha value is -1.64. The summed E-state index contributed by atoms with van der Waals surface area (Å²) in [6.07, 6.45) is 0. The predicted octanol–water partition coefficient (Wildman–Crippen LogP) is 2.84. The fourth-order valence-electron chi connectivity index (χ4n) is 2.12. The highest BCUT2D eigenvalue weighted by Gasteiger charge is 2.05. The van der Waals surface area contributed by atoms with Gasteiger partial charge in [0, 0.05) is 5.56 Å². The van der Waals surface area contributed by atoms with Crippen LogP contribution in [0.2, 0.25) is 0 Å². The lowest BCUT2D eigenvalue weighted by Crippen LogP contribution is -2.47. The monoisotopic (exact) mass is 243 g/mol. The predicted molar refractivity (Wildman–Crippen MR) is 74.6 cm³/mol. The first kappa shape index (κ1) is 14.4. The normalized spacial score (nSPS) is 10.0. The Morgan fingerprint density at radius 1 is 0.833 bits per heavy atom. The van der Waals surface area contributed by atoms with E-state index in [2.05, 4.69) is 62.9 Å². The van der Waals surface area contributed by atoms with Crippen LogP contribution in [0.4, 0.5) is 0 Å². The first-order valence-electron chi connectivity index (χ1n) is 6.09. The number of aryl methyl sites for hydroxylation is 1. The Labute approximate surface area is 109 Å². The van der Waals surface area contributed by atoms with Gasteiger partial charge in [-0.15, -0.1) is 0 Å². The average molecular weight is 243 g/mol. The highest BCUT2D eigenvalue weighted by molar-refractivity contribution is 5.69. The number of benzene rings is 2. The Balaban J connectivity index is 0.00000162. The molecule has 0 heterocycles. The lowest BCUT2D eigenvalue weighted by molar-refractivity contribution is -0.386. The second kappa shape index (κ2) is 5.80.